The Balaban J connectivity index is 1.67. The molecule has 1 unspecified atom stereocenters. The second kappa shape index (κ2) is 6.91. The van der Waals surface area contributed by atoms with Crippen molar-refractivity contribution in [3.05, 3.63) is 52.8 Å². The number of halogens is 1. The highest BCUT2D eigenvalue weighted by atomic mass is 35.5. The predicted molar refractivity (Wildman–Crippen MR) is 91.1 cm³/mol. The van der Waals surface area contributed by atoms with E-state index in [2.05, 4.69) is 47.4 Å². The Kier molecular flexibility index (Phi) is 4.94. The van der Waals surface area contributed by atoms with E-state index in [0.29, 0.717) is 6.04 Å². The maximum absolute atomic E-state index is 6.16. The predicted octanol–water partition coefficient (Wildman–Crippen LogP) is 4.88. The number of thioether (sulfide) groups is 1. The van der Waals surface area contributed by atoms with Crippen molar-refractivity contribution in [3.63, 3.8) is 0 Å². The second-order valence-corrected chi connectivity index (χ2v) is 7.08. The van der Waals surface area contributed by atoms with Crippen LogP contribution in [0.15, 0.2) is 41.6 Å². The number of aryl methyl sites for hydroxylation is 1. The minimum atomic E-state index is 0.412. The maximum atomic E-state index is 6.16. The van der Waals surface area contributed by atoms with Crippen LogP contribution in [0.25, 0.3) is 0 Å². The molecule has 3 rings (SSSR count). The van der Waals surface area contributed by atoms with Gasteiger partial charge in [0, 0.05) is 41.4 Å². The van der Waals surface area contributed by atoms with Crippen LogP contribution in [-0.4, -0.2) is 10.3 Å². The van der Waals surface area contributed by atoms with Gasteiger partial charge in [0.15, 0.2) is 0 Å². The monoisotopic (exact) mass is 320 g/mol. The average Bonchev–Trinajstić information content (AvgIpc) is 2.93. The van der Waals surface area contributed by atoms with E-state index < -0.39 is 0 Å². The Bertz CT molecular complexity index is 609. The lowest BCUT2D eigenvalue weighted by Crippen LogP contribution is -2.24. The molecule has 0 spiro atoms. The minimum absolute atomic E-state index is 0.412. The zero-order valence-electron chi connectivity index (χ0n) is 12.3. The van der Waals surface area contributed by atoms with Gasteiger partial charge in [0.2, 0.25) is 0 Å². The lowest BCUT2D eigenvalue weighted by molar-refractivity contribution is 0.509. The number of nitrogens with one attached hydrogen (secondary N) is 1. The largest absolute Gasteiger partial charge is 0.354 e. The molecule has 0 saturated carbocycles. The number of hydrogen-bond acceptors (Lipinski definition) is 2. The normalized spacial score (nSPS) is 17.7. The van der Waals surface area contributed by atoms with Gasteiger partial charge in [-0.3, -0.25) is 0 Å². The summed E-state index contributed by atoms with van der Waals surface area (Å²) < 4.78 is 2.26. The molecule has 1 aliphatic heterocycles. The summed E-state index contributed by atoms with van der Waals surface area (Å²) in [5.41, 5.74) is 2.71. The van der Waals surface area contributed by atoms with Crippen molar-refractivity contribution in [2.75, 3.05) is 5.75 Å². The fraction of sp³-hybridized carbons (Fsp3) is 0.412. The smallest absolute Gasteiger partial charge is 0.0410 e. The Hall–Kier alpha value is -0.900. The zero-order chi connectivity index (χ0) is 14.7. The van der Waals surface area contributed by atoms with Gasteiger partial charge in [0.1, 0.15) is 0 Å². The van der Waals surface area contributed by atoms with Gasteiger partial charge in [-0.05, 0) is 54.0 Å². The Morgan fingerprint density at radius 3 is 3.14 bits per heavy atom. The number of nitrogens with zero attached hydrogens (tertiary/aromatic N) is 1. The quantitative estimate of drug-likeness (QED) is 0.845. The third-order valence-corrected chi connectivity index (χ3v) is 5.22. The summed E-state index contributed by atoms with van der Waals surface area (Å²) in [6, 6.07) is 8.87. The van der Waals surface area contributed by atoms with Crippen molar-refractivity contribution in [2.24, 2.45) is 0 Å². The average molecular weight is 321 g/mol. The van der Waals surface area contributed by atoms with Gasteiger partial charge in [0.25, 0.3) is 0 Å². The first-order valence-corrected chi connectivity index (χ1v) is 8.93. The first-order valence-electron chi connectivity index (χ1n) is 7.56. The molecule has 2 heterocycles. The van der Waals surface area contributed by atoms with E-state index in [4.69, 9.17) is 11.6 Å². The topological polar surface area (TPSA) is 17.0 Å². The van der Waals surface area contributed by atoms with Crippen LogP contribution >= 0.6 is 23.4 Å². The molecule has 112 valence electrons. The van der Waals surface area contributed by atoms with Crippen molar-refractivity contribution in [3.8, 4) is 0 Å². The fourth-order valence-corrected chi connectivity index (χ4v) is 4.10. The van der Waals surface area contributed by atoms with Gasteiger partial charge >= 0.3 is 0 Å². The number of aromatic nitrogens is 1. The van der Waals surface area contributed by atoms with E-state index in [1.807, 2.05) is 17.8 Å². The van der Waals surface area contributed by atoms with Crippen LogP contribution in [0.3, 0.4) is 0 Å². The molecule has 0 aliphatic carbocycles. The first kappa shape index (κ1) is 15.0. The van der Waals surface area contributed by atoms with Crippen LogP contribution in [0.2, 0.25) is 5.02 Å². The summed E-state index contributed by atoms with van der Waals surface area (Å²) in [5, 5.41) is 4.52. The molecule has 2 aromatic rings. The van der Waals surface area contributed by atoms with E-state index >= 15 is 0 Å². The summed E-state index contributed by atoms with van der Waals surface area (Å²) in [5.74, 6) is 1.17. The highest BCUT2D eigenvalue weighted by Gasteiger charge is 2.20. The Labute approximate surface area is 135 Å². The van der Waals surface area contributed by atoms with Crippen molar-refractivity contribution in [1.29, 1.82) is 0 Å². The van der Waals surface area contributed by atoms with Gasteiger partial charge in [-0.2, -0.15) is 0 Å². The summed E-state index contributed by atoms with van der Waals surface area (Å²) in [6.45, 7) is 4.22. The molecule has 21 heavy (non-hydrogen) atoms. The second-order valence-electron chi connectivity index (χ2n) is 5.51. The maximum Gasteiger partial charge on any atom is 0.0410 e. The summed E-state index contributed by atoms with van der Waals surface area (Å²) in [7, 11) is 0. The van der Waals surface area contributed by atoms with E-state index in [-0.39, 0.29) is 0 Å². The van der Waals surface area contributed by atoms with Gasteiger partial charge in [0.05, 0.1) is 0 Å². The van der Waals surface area contributed by atoms with Crippen LogP contribution in [-0.2, 0) is 13.1 Å². The molecule has 0 radical (unpaired) electrons. The Morgan fingerprint density at radius 1 is 1.38 bits per heavy atom. The van der Waals surface area contributed by atoms with E-state index in [1.54, 1.807) is 0 Å². The molecule has 0 fully saturated rings. The number of hydrogen-bond donors (Lipinski definition) is 1. The number of rotatable bonds is 5. The highest BCUT2D eigenvalue weighted by molar-refractivity contribution is 7.99. The van der Waals surface area contributed by atoms with Crippen LogP contribution in [0, 0.1) is 0 Å². The van der Waals surface area contributed by atoms with Crippen LogP contribution in [0.5, 0.6) is 0 Å². The Morgan fingerprint density at radius 2 is 2.29 bits per heavy atom. The molecule has 1 aliphatic rings. The number of fused-ring (bicyclic) bond motifs is 1. The fourth-order valence-electron chi connectivity index (χ4n) is 2.81. The molecule has 4 heteroatoms. The molecule has 2 nitrogen and oxygen atoms in total. The van der Waals surface area contributed by atoms with Gasteiger partial charge in [-0.25, -0.2) is 0 Å². The summed E-state index contributed by atoms with van der Waals surface area (Å²) >= 11 is 8.09. The third kappa shape index (κ3) is 3.65. The highest BCUT2D eigenvalue weighted by Crippen LogP contribution is 2.37. The van der Waals surface area contributed by atoms with Crippen LogP contribution < -0.4 is 5.32 Å². The van der Waals surface area contributed by atoms with Gasteiger partial charge in [-0.1, -0.05) is 18.5 Å². The SMILES string of the molecule is CCCn1ccc(CNC2CCSc3ccc(Cl)cc32)c1. The lowest BCUT2D eigenvalue weighted by atomic mass is 10.0. The molecule has 1 aromatic heterocycles. The van der Waals surface area contributed by atoms with Crippen molar-refractivity contribution >= 4 is 23.4 Å². The molecule has 0 amide bonds. The number of benzene rings is 1. The standard InChI is InChI=1S/C17H21ClN2S/c1-2-7-20-8-5-13(12-20)11-19-16-6-9-21-17-4-3-14(18)10-15(16)17/h3-5,8,10,12,16,19H,2,6-7,9,11H2,1H3. The minimum Gasteiger partial charge on any atom is -0.354 e. The van der Waals surface area contributed by atoms with Crippen molar-refractivity contribution < 1.29 is 0 Å². The molecule has 1 aromatic carbocycles. The zero-order valence-corrected chi connectivity index (χ0v) is 13.9. The molecule has 1 atom stereocenters. The lowest BCUT2D eigenvalue weighted by Gasteiger charge is -2.26. The van der Waals surface area contributed by atoms with Crippen molar-refractivity contribution in [1.82, 2.24) is 9.88 Å². The summed E-state index contributed by atoms with van der Waals surface area (Å²) in [6.07, 6.45) is 6.75. The molecule has 1 N–H and O–H groups in total. The van der Waals surface area contributed by atoms with Crippen molar-refractivity contribution in [2.45, 2.75) is 43.8 Å². The third-order valence-electron chi connectivity index (χ3n) is 3.86. The van der Waals surface area contributed by atoms with E-state index in [1.165, 1.54) is 28.2 Å². The summed E-state index contributed by atoms with van der Waals surface area (Å²) in [4.78, 5) is 1.37. The van der Waals surface area contributed by atoms with E-state index in [0.717, 1.165) is 24.5 Å². The van der Waals surface area contributed by atoms with Crippen LogP contribution in [0.1, 0.15) is 36.9 Å². The van der Waals surface area contributed by atoms with Crippen LogP contribution in [0.4, 0.5) is 0 Å². The molecule has 0 saturated heterocycles. The molecular formula is C17H21ClN2S. The first-order chi connectivity index (χ1) is 10.3. The van der Waals surface area contributed by atoms with Gasteiger partial charge < -0.3 is 9.88 Å². The van der Waals surface area contributed by atoms with E-state index in [9.17, 15) is 0 Å². The molecule has 0 bridgehead atoms. The van der Waals surface area contributed by atoms with Gasteiger partial charge in [-0.15, -0.1) is 11.8 Å². The molecular weight excluding hydrogens is 300 g/mol.